The standard InChI is InChI=1S/C13H17NO3/c1-9-2-3-10(14)8-12(9)13(15)17-11-4-6-16-7-5-11/h2-3,8,11H,4-7,14H2,1H3. The summed E-state index contributed by atoms with van der Waals surface area (Å²) in [6, 6.07) is 5.27. The zero-order chi connectivity index (χ0) is 12.3. The van der Waals surface area contributed by atoms with Crippen molar-refractivity contribution in [3.05, 3.63) is 29.3 Å². The molecule has 0 aliphatic carbocycles. The number of rotatable bonds is 2. The lowest BCUT2D eigenvalue weighted by Gasteiger charge is -2.22. The van der Waals surface area contributed by atoms with E-state index in [9.17, 15) is 4.79 Å². The van der Waals surface area contributed by atoms with E-state index in [1.807, 2.05) is 13.0 Å². The Bertz CT molecular complexity index is 411. The molecule has 0 unspecified atom stereocenters. The van der Waals surface area contributed by atoms with Crippen LogP contribution in [0.2, 0.25) is 0 Å². The topological polar surface area (TPSA) is 61.6 Å². The Balaban J connectivity index is 2.05. The second-order valence-corrected chi connectivity index (χ2v) is 4.29. The van der Waals surface area contributed by atoms with Gasteiger partial charge in [-0.2, -0.15) is 0 Å². The number of esters is 1. The third-order valence-corrected chi connectivity index (χ3v) is 2.92. The van der Waals surface area contributed by atoms with Gasteiger partial charge >= 0.3 is 5.97 Å². The molecule has 1 aromatic rings. The third-order valence-electron chi connectivity index (χ3n) is 2.92. The Hall–Kier alpha value is -1.55. The van der Waals surface area contributed by atoms with Crippen molar-refractivity contribution in [1.82, 2.24) is 0 Å². The Morgan fingerprint density at radius 1 is 1.41 bits per heavy atom. The minimum Gasteiger partial charge on any atom is -0.459 e. The molecule has 1 saturated heterocycles. The van der Waals surface area contributed by atoms with Crippen molar-refractivity contribution in [1.29, 1.82) is 0 Å². The van der Waals surface area contributed by atoms with E-state index in [4.69, 9.17) is 15.2 Å². The van der Waals surface area contributed by atoms with Crippen LogP contribution in [0, 0.1) is 6.92 Å². The number of aryl methyl sites for hydroxylation is 1. The summed E-state index contributed by atoms with van der Waals surface area (Å²) >= 11 is 0. The summed E-state index contributed by atoms with van der Waals surface area (Å²) in [4.78, 5) is 12.0. The highest BCUT2D eigenvalue weighted by molar-refractivity contribution is 5.92. The van der Waals surface area contributed by atoms with Gasteiger partial charge in [0, 0.05) is 18.5 Å². The molecule has 0 saturated carbocycles. The van der Waals surface area contributed by atoms with Crippen molar-refractivity contribution in [3.63, 3.8) is 0 Å². The van der Waals surface area contributed by atoms with Gasteiger partial charge in [0.1, 0.15) is 6.10 Å². The van der Waals surface area contributed by atoms with Crippen LogP contribution in [0.4, 0.5) is 5.69 Å². The van der Waals surface area contributed by atoms with Crippen LogP contribution < -0.4 is 5.73 Å². The van der Waals surface area contributed by atoms with Crippen LogP contribution in [0.15, 0.2) is 18.2 Å². The molecule has 1 aliphatic heterocycles. The molecule has 2 rings (SSSR count). The van der Waals surface area contributed by atoms with Crippen molar-refractivity contribution in [2.45, 2.75) is 25.9 Å². The molecule has 4 heteroatoms. The van der Waals surface area contributed by atoms with E-state index in [-0.39, 0.29) is 12.1 Å². The van der Waals surface area contributed by atoms with Gasteiger partial charge in [0.05, 0.1) is 18.8 Å². The quantitative estimate of drug-likeness (QED) is 0.628. The van der Waals surface area contributed by atoms with Crippen LogP contribution >= 0.6 is 0 Å². The summed E-state index contributed by atoms with van der Waals surface area (Å²) in [5.41, 5.74) is 7.69. The molecule has 4 nitrogen and oxygen atoms in total. The first kappa shape index (κ1) is 11.9. The number of benzene rings is 1. The molecule has 0 radical (unpaired) electrons. The van der Waals surface area contributed by atoms with E-state index >= 15 is 0 Å². The number of anilines is 1. The Kier molecular flexibility index (Phi) is 3.64. The number of nitrogens with two attached hydrogens (primary N) is 1. The summed E-state index contributed by atoms with van der Waals surface area (Å²) < 4.78 is 10.7. The van der Waals surface area contributed by atoms with E-state index < -0.39 is 0 Å². The van der Waals surface area contributed by atoms with Crippen LogP contribution in [0.25, 0.3) is 0 Å². The first-order chi connectivity index (χ1) is 8.16. The van der Waals surface area contributed by atoms with Crippen LogP contribution in [-0.4, -0.2) is 25.3 Å². The fourth-order valence-electron chi connectivity index (χ4n) is 1.87. The zero-order valence-corrected chi connectivity index (χ0v) is 9.94. The molecule has 0 spiro atoms. The van der Waals surface area contributed by atoms with E-state index in [0.717, 1.165) is 18.4 Å². The lowest BCUT2D eigenvalue weighted by molar-refractivity contribution is -0.0159. The molecular weight excluding hydrogens is 218 g/mol. The van der Waals surface area contributed by atoms with Gasteiger partial charge in [-0.1, -0.05) is 6.07 Å². The lowest BCUT2D eigenvalue weighted by atomic mass is 10.1. The van der Waals surface area contributed by atoms with Crippen molar-refractivity contribution >= 4 is 11.7 Å². The smallest absolute Gasteiger partial charge is 0.338 e. The second-order valence-electron chi connectivity index (χ2n) is 4.29. The summed E-state index contributed by atoms with van der Waals surface area (Å²) in [7, 11) is 0. The Morgan fingerprint density at radius 2 is 2.12 bits per heavy atom. The van der Waals surface area contributed by atoms with Gasteiger partial charge in [-0.3, -0.25) is 0 Å². The number of carbonyl (C=O) groups is 1. The van der Waals surface area contributed by atoms with Crippen LogP contribution in [-0.2, 0) is 9.47 Å². The van der Waals surface area contributed by atoms with E-state index in [1.54, 1.807) is 12.1 Å². The minimum atomic E-state index is -0.290. The Labute approximate surface area is 101 Å². The Morgan fingerprint density at radius 3 is 2.82 bits per heavy atom. The number of hydrogen-bond donors (Lipinski definition) is 1. The highest BCUT2D eigenvalue weighted by Gasteiger charge is 2.20. The lowest BCUT2D eigenvalue weighted by Crippen LogP contribution is -2.26. The van der Waals surface area contributed by atoms with Crippen molar-refractivity contribution in [2.24, 2.45) is 0 Å². The van der Waals surface area contributed by atoms with Gasteiger partial charge in [-0.25, -0.2) is 4.79 Å². The van der Waals surface area contributed by atoms with Gasteiger partial charge < -0.3 is 15.2 Å². The summed E-state index contributed by atoms with van der Waals surface area (Å²) in [5.74, 6) is -0.290. The zero-order valence-electron chi connectivity index (χ0n) is 9.94. The summed E-state index contributed by atoms with van der Waals surface area (Å²) in [6.07, 6.45) is 1.51. The fourth-order valence-corrected chi connectivity index (χ4v) is 1.87. The van der Waals surface area contributed by atoms with Gasteiger partial charge in [0.2, 0.25) is 0 Å². The average molecular weight is 235 g/mol. The van der Waals surface area contributed by atoms with E-state index in [1.165, 1.54) is 0 Å². The monoisotopic (exact) mass is 235 g/mol. The first-order valence-corrected chi connectivity index (χ1v) is 5.81. The number of nitrogen functional groups attached to an aromatic ring is 1. The largest absolute Gasteiger partial charge is 0.459 e. The van der Waals surface area contributed by atoms with Crippen molar-refractivity contribution < 1.29 is 14.3 Å². The predicted octanol–water partition coefficient (Wildman–Crippen LogP) is 1.91. The molecule has 0 aromatic heterocycles. The SMILES string of the molecule is Cc1ccc(N)cc1C(=O)OC1CCOCC1. The molecule has 1 aliphatic rings. The molecule has 1 heterocycles. The fraction of sp³-hybridized carbons (Fsp3) is 0.462. The van der Waals surface area contributed by atoms with Crippen molar-refractivity contribution in [3.8, 4) is 0 Å². The molecule has 17 heavy (non-hydrogen) atoms. The third kappa shape index (κ3) is 2.97. The van der Waals surface area contributed by atoms with Crippen LogP contribution in [0.5, 0.6) is 0 Å². The summed E-state index contributed by atoms with van der Waals surface area (Å²) in [6.45, 7) is 3.20. The van der Waals surface area contributed by atoms with Gasteiger partial charge in [-0.15, -0.1) is 0 Å². The van der Waals surface area contributed by atoms with E-state index in [2.05, 4.69) is 0 Å². The highest BCUT2D eigenvalue weighted by atomic mass is 16.6. The molecule has 1 fully saturated rings. The van der Waals surface area contributed by atoms with Gasteiger partial charge in [0.25, 0.3) is 0 Å². The molecule has 2 N–H and O–H groups in total. The average Bonchev–Trinajstić information content (AvgIpc) is 2.33. The van der Waals surface area contributed by atoms with Gasteiger partial charge in [0.15, 0.2) is 0 Å². The number of hydrogen-bond acceptors (Lipinski definition) is 4. The minimum absolute atomic E-state index is 0.0305. The second kappa shape index (κ2) is 5.19. The molecular formula is C13H17NO3. The van der Waals surface area contributed by atoms with Crippen LogP contribution in [0.3, 0.4) is 0 Å². The number of ether oxygens (including phenoxy) is 2. The van der Waals surface area contributed by atoms with Gasteiger partial charge in [-0.05, 0) is 24.6 Å². The summed E-state index contributed by atoms with van der Waals surface area (Å²) in [5, 5.41) is 0. The molecule has 0 bridgehead atoms. The first-order valence-electron chi connectivity index (χ1n) is 5.81. The molecule has 92 valence electrons. The van der Waals surface area contributed by atoms with Crippen LogP contribution in [0.1, 0.15) is 28.8 Å². The predicted molar refractivity (Wildman–Crippen MR) is 64.8 cm³/mol. The maximum atomic E-state index is 12.0. The maximum Gasteiger partial charge on any atom is 0.338 e. The van der Waals surface area contributed by atoms with Crippen molar-refractivity contribution in [2.75, 3.05) is 18.9 Å². The van der Waals surface area contributed by atoms with E-state index in [0.29, 0.717) is 24.5 Å². The normalized spacial score (nSPS) is 16.8. The molecule has 0 atom stereocenters. The number of carbonyl (C=O) groups excluding carboxylic acids is 1. The molecule has 0 amide bonds. The maximum absolute atomic E-state index is 12.0. The molecule has 1 aromatic carbocycles. The highest BCUT2D eigenvalue weighted by Crippen LogP contribution is 2.17.